The van der Waals surface area contributed by atoms with Crippen LogP contribution in [-0.2, 0) is 16.1 Å². The Balaban J connectivity index is 1.51. The van der Waals surface area contributed by atoms with E-state index in [2.05, 4.69) is 0 Å². The number of nitrogens with zero attached hydrogens (tertiary/aromatic N) is 1. The van der Waals surface area contributed by atoms with Gasteiger partial charge in [0.1, 0.15) is 0 Å². The normalized spacial score (nSPS) is 12.2. The van der Waals surface area contributed by atoms with Gasteiger partial charge in [0.2, 0.25) is 6.79 Å². The predicted molar refractivity (Wildman–Crippen MR) is 85.8 cm³/mol. The van der Waals surface area contributed by atoms with Crippen LogP contribution in [0.2, 0.25) is 0 Å². The maximum Gasteiger partial charge on any atom is 0.308 e. The van der Waals surface area contributed by atoms with Gasteiger partial charge in [0.25, 0.3) is 0 Å². The molecule has 0 saturated heterocycles. The van der Waals surface area contributed by atoms with Crippen molar-refractivity contribution in [3.63, 3.8) is 0 Å². The van der Waals surface area contributed by atoms with Crippen molar-refractivity contribution in [3.05, 3.63) is 44.5 Å². The second kappa shape index (κ2) is 6.88. The molecular weight excluding hydrogens is 334 g/mol. The molecule has 2 aromatic rings. The van der Waals surface area contributed by atoms with Crippen LogP contribution in [0.25, 0.3) is 0 Å². The summed E-state index contributed by atoms with van der Waals surface area (Å²) in [6, 6.07) is 4.80. The number of hydrogen-bond donors (Lipinski definition) is 0. The molecule has 0 fully saturated rings. The Hall–Kier alpha value is -2.61. The highest BCUT2D eigenvalue weighted by atomic mass is 32.1. The monoisotopic (exact) mass is 349 g/mol. The molecule has 0 spiro atoms. The minimum absolute atomic E-state index is 0.0336. The Morgan fingerprint density at radius 2 is 2.08 bits per heavy atom. The van der Waals surface area contributed by atoms with Gasteiger partial charge in [0.05, 0.1) is 6.42 Å². The number of hydrogen-bond acceptors (Lipinski definition) is 7. The predicted octanol–water partition coefficient (Wildman–Crippen LogP) is 1.76. The van der Waals surface area contributed by atoms with Gasteiger partial charge in [-0.25, -0.2) is 0 Å². The van der Waals surface area contributed by atoms with Crippen molar-refractivity contribution in [2.45, 2.75) is 19.9 Å². The summed E-state index contributed by atoms with van der Waals surface area (Å²) in [7, 11) is 0. The fraction of sp³-hybridized carbons (Fsp3) is 0.312. The van der Waals surface area contributed by atoms with E-state index in [-0.39, 0.29) is 37.0 Å². The molecule has 0 radical (unpaired) electrons. The summed E-state index contributed by atoms with van der Waals surface area (Å²) in [5, 5.41) is 1.73. The van der Waals surface area contributed by atoms with Crippen LogP contribution < -0.4 is 14.3 Å². The van der Waals surface area contributed by atoms with Crippen LogP contribution in [-0.4, -0.2) is 29.7 Å². The molecule has 126 valence electrons. The van der Waals surface area contributed by atoms with Crippen molar-refractivity contribution in [1.29, 1.82) is 0 Å². The second-order valence-electron chi connectivity index (χ2n) is 5.20. The van der Waals surface area contributed by atoms with E-state index in [1.54, 1.807) is 30.5 Å². The first-order valence-electron chi connectivity index (χ1n) is 7.28. The van der Waals surface area contributed by atoms with Crippen LogP contribution in [0.4, 0.5) is 0 Å². The zero-order chi connectivity index (χ0) is 17.1. The van der Waals surface area contributed by atoms with E-state index in [0.717, 1.165) is 17.0 Å². The first-order chi connectivity index (χ1) is 11.5. The van der Waals surface area contributed by atoms with Crippen LogP contribution in [0.5, 0.6) is 11.5 Å². The lowest BCUT2D eigenvalue weighted by Crippen LogP contribution is -2.19. The van der Waals surface area contributed by atoms with E-state index in [0.29, 0.717) is 17.1 Å². The van der Waals surface area contributed by atoms with E-state index in [1.165, 1.54) is 4.57 Å². The van der Waals surface area contributed by atoms with E-state index in [1.807, 2.05) is 0 Å². The number of aromatic nitrogens is 1. The topological polar surface area (TPSA) is 83.8 Å². The first-order valence-corrected chi connectivity index (χ1v) is 8.16. The Morgan fingerprint density at radius 3 is 2.83 bits per heavy atom. The van der Waals surface area contributed by atoms with Crippen LogP contribution in [0.1, 0.15) is 22.5 Å². The summed E-state index contributed by atoms with van der Waals surface area (Å²) in [6.07, 6.45) is 0.0336. The van der Waals surface area contributed by atoms with Crippen molar-refractivity contribution < 1.29 is 23.8 Å². The quantitative estimate of drug-likeness (QED) is 0.584. The number of rotatable bonds is 6. The molecule has 7 nitrogen and oxygen atoms in total. The van der Waals surface area contributed by atoms with Crippen LogP contribution >= 0.6 is 11.3 Å². The Labute approximate surface area is 141 Å². The summed E-state index contributed by atoms with van der Waals surface area (Å²) < 4.78 is 16.9. The molecule has 8 heteroatoms. The van der Waals surface area contributed by atoms with Crippen LogP contribution in [0, 0.1) is 6.92 Å². The maximum absolute atomic E-state index is 12.1. The standard InChI is InChI=1S/C16H15NO6S/c1-10-8-24-16(20)17(10)5-4-15(19)21-7-12(18)11-2-3-13-14(6-11)23-9-22-13/h2-3,6,8H,4-5,7,9H2,1H3. The Bertz CT molecular complexity index is 837. The zero-order valence-electron chi connectivity index (χ0n) is 12.9. The first kappa shape index (κ1) is 16.3. The Kier molecular flexibility index (Phi) is 4.66. The highest BCUT2D eigenvalue weighted by Crippen LogP contribution is 2.32. The third-order valence-electron chi connectivity index (χ3n) is 3.57. The molecule has 0 N–H and O–H groups in total. The number of aryl methyl sites for hydroxylation is 1. The lowest BCUT2D eigenvalue weighted by atomic mass is 10.1. The molecule has 0 amide bonds. The number of fused-ring (bicyclic) bond motifs is 1. The third kappa shape index (κ3) is 3.48. The van der Waals surface area contributed by atoms with Gasteiger partial charge in [-0.05, 0) is 25.1 Å². The van der Waals surface area contributed by atoms with Crippen molar-refractivity contribution in [3.8, 4) is 11.5 Å². The number of thiazole rings is 1. The molecule has 0 aliphatic carbocycles. The van der Waals surface area contributed by atoms with Gasteiger partial charge in [-0.15, -0.1) is 0 Å². The summed E-state index contributed by atoms with van der Waals surface area (Å²) in [5.41, 5.74) is 1.19. The molecule has 2 heterocycles. The average molecular weight is 349 g/mol. The maximum atomic E-state index is 12.1. The zero-order valence-corrected chi connectivity index (χ0v) is 13.8. The molecule has 1 aromatic heterocycles. The van der Waals surface area contributed by atoms with Crippen molar-refractivity contribution in [2.75, 3.05) is 13.4 Å². The number of carbonyl (C=O) groups is 2. The second-order valence-corrected chi connectivity index (χ2v) is 6.02. The van der Waals surface area contributed by atoms with Crippen LogP contribution in [0.3, 0.4) is 0 Å². The van der Waals surface area contributed by atoms with E-state index in [9.17, 15) is 14.4 Å². The highest BCUT2D eigenvalue weighted by molar-refractivity contribution is 7.07. The van der Waals surface area contributed by atoms with E-state index < -0.39 is 5.97 Å². The van der Waals surface area contributed by atoms with Gasteiger partial charge < -0.3 is 18.8 Å². The minimum Gasteiger partial charge on any atom is -0.457 e. The van der Waals surface area contributed by atoms with Crippen molar-refractivity contribution >= 4 is 23.1 Å². The smallest absolute Gasteiger partial charge is 0.308 e. The van der Waals surface area contributed by atoms with Gasteiger partial charge in [-0.2, -0.15) is 0 Å². The highest BCUT2D eigenvalue weighted by Gasteiger charge is 2.17. The van der Waals surface area contributed by atoms with Crippen molar-refractivity contribution in [1.82, 2.24) is 4.57 Å². The third-order valence-corrected chi connectivity index (χ3v) is 4.46. The van der Waals surface area contributed by atoms with Crippen molar-refractivity contribution in [2.24, 2.45) is 0 Å². The van der Waals surface area contributed by atoms with Gasteiger partial charge in [0, 0.05) is 23.2 Å². The number of carbonyl (C=O) groups excluding carboxylic acids is 2. The summed E-state index contributed by atoms with van der Waals surface area (Å²) in [4.78, 5) is 35.3. The molecule has 0 bridgehead atoms. The SMILES string of the molecule is Cc1csc(=O)n1CCC(=O)OCC(=O)c1ccc2c(c1)OCO2. The number of ketones is 1. The van der Waals surface area contributed by atoms with Crippen LogP contribution in [0.15, 0.2) is 28.4 Å². The van der Waals surface area contributed by atoms with Gasteiger partial charge in [0.15, 0.2) is 23.9 Å². The Morgan fingerprint density at radius 1 is 1.29 bits per heavy atom. The molecule has 24 heavy (non-hydrogen) atoms. The van der Waals surface area contributed by atoms with Gasteiger partial charge >= 0.3 is 10.8 Å². The van der Waals surface area contributed by atoms with E-state index >= 15 is 0 Å². The molecule has 1 aliphatic heterocycles. The van der Waals surface area contributed by atoms with E-state index in [4.69, 9.17) is 14.2 Å². The number of Topliss-reactive ketones (excluding diaryl/α,β-unsaturated/α-hetero) is 1. The lowest BCUT2D eigenvalue weighted by Gasteiger charge is -2.06. The molecule has 0 saturated carbocycles. The van der Waals surface area contributed by atoms with Gasteiger partial charge in [-0.1, -0.05) is 11.3 Å². The lowest BCUT2D eigenvalue weighted by molar-refractivity contribution is -0.142. The molecular formula is C16H15NO6S. The average Bonchev–Trinajstić information content (AvgIpc) is 3.17. The number of benzene rings is 1. The van der Waals surface area contributed by atoms with Gasteiger partial charge in [-0.3, -0.25) is 14.4 Å². The number of esters is 1. The minimum atomic E-state index is -0.526. The molecule has 3 rings (SSSR count). The molecule has 0 unspecified atom stereocenters. The summed E-state index contributed by atoms with van der Waals surface area (Å²) in [6.45, 7) is 1.82. The molecule has 1 aromatic carbocycles. The fourth-order valence-electron chi connectivity index (χ4n) is 2.25. The summed E-state index contributed by atoms with van der Waals surface area (Å²) >= 11 is 1.09. The largest absolute Gasteiger partial charge is 0.457 e. The number of ether oxygens (including phenoxy) is 3. The fourth-order valence-corrected chi connectivity index (χ4v) is 3.01. The summed E-state index contributed by atoms with van der Waals surface area (Å²) in [5.74, 6) is 0.228. The molecule has 1 aliphatic rings. The molecule has 0 atom stereocenters.